The Morgan fingerprint density at radius 1 is 1.19 bits per heavy atom. The number of hydrogen-bond acceptors (Lipinski definition) is 3. The van der Waals surface area contributed by atoms with Gasteiger partial charge < -0.3 is 10.4 Å². The number of nitrogens with one attached hydrogen (secondary N) is 1. The van der Waals surface area contributed by atoms with E-state index in [9.17, 15) is 9.18 Å². The molecule has 1 aliphatic carbocycles. The number of rotatable bonds is 8. The van der Waals surface area contributed by atoms with Crippen LogP contribution >= 0.6 is 0 Å². The van der Waals surface area contributed by atoms with Gasteiger partial charge in [-0.2, -0.15) is 0 Å². The van der Waals surface area contributed by atoms with Crippen LogP contribution in [0.15, 0.2) is 54.1 Å². The Bertz CT molecular complexity index is 936. The van der Waals surface area contributed by atoms with Gasteiger partial charge in [-0.25, -0.2) is 9.18 Å². The van der Waals surface area contributed by atoms with Crippen molar-refractivity contribution in [3.8, 4) is 0 Å². The summed E-state index contributed by atoms with van der Waals surface area (Å²) in [5.41, 5.74) is 3.37. The van der Waals surface area contributed by atoms with Crippen LogP contribution in [-0.2, 0) is 6.54 Å². The minimum absolute atomic E-state index is 0.00379. The molecule has 4 rings (SSSR count). The highest BCUT2D eigenvalue weighted by Gasteiger charge is 2.40. The molecule has 2 aromatic carbocycles. The molecule has 1 heterocycles. The van der Waals surface area contributed by atoms with Crippen LogP contribution in [0, 0.1) is 11.7 Å². The minimum Gasteiger partial charge on any atom is -0.478 e. The molecule has 2 fully saturated rings. The summed E-state index contributed by atoms with van der Waals surface area (Å²) in [4.78, 5) is 13.2. The zero-order valence-electron chi connectivity index (χ0n) is 18.1. The molecule has 0 bridgehead atoms. The molecule has 0 radical (unpaired) electrons. The summed E-state index contributed by atoms with van der Waals surface area (Å²) in [5, 5.41) is 12.8. The number of nitrogens with zero attached hydrogens (tertiary/aromatic N) is 1. The van der Waals surface area contributed by atoms with E-state index in [0.717, 1.165) is 38.4 Å². The maximum absolute atomic E-state index is 14.2. The van der Waals surface area contributed by atoms with Gasteiger partial charge in [-0.1, -0.05) is 55.0 Å². The molecular formula is C26H31FN2O2. The van der Waals surface area contributed by atoms with Gasteiger partial charge in [0.15, 0.2) is 0 Å². The molecule has 164 valence electrons. The van der Waals surface area contributed by atoms with E-state index in [1.807, 2.05) is 0 Å². The Hall–Kier alpha value is -2.50. The van der Waals surface area contributed by atoms with Crippen LogP contribution in [0.1, 0.15) is 54.1 Å². The normalized spacial score (nSPS) is 22.5. The predicted octanol–water partition coefficient (Wildman–Crippen LogP) is 4.96. The van der Waals surface area contributed by atoms with Crippen LogP contribution in [0.5, 0.6) is 0 Å². The van der Waals surface area contributed by atoms with Crippen molar-refractivity contribution in [1.82, 2.24) is 10.2 Å². The number of carboxylic acid groups (broad SMARTS) is 1. The van der Waals surface area contributed by atoms with Crippen LogP contribution in [0.4, 0.5) is 4.39 Å². The van der Waals surface area contributed by atoms with Crippen molar-refractivity contribution in [1.29, 1.82) is 0 Å². The molecule has 5 heteroatoms. The highest BCUT2D eigenvalue weighted by atomic mass is 19.1. The lowest BCUT2D eigenvalue weighted by Crippen LogP contribution is -2.43. The minimum atomic E-state index is -1.10. The Morgan fingerprint density at radius 2 is 1.94 bits per heavy atom. The van der Waals surface area contributed by atoms with Gasteiger partial charge in [0.1, 0.15) is 5.82 Å². The quantitative estimate of drug-likeness (QED) is 0.631. The number of aromatic carboxylic acids is 1. The third kappa shape index (κ3) is 5.60. The van der Waals surface area contributed by atoms with E-state index >= 15 is 0 Å². The zero-order valence-corrected chi connectivity index (χ0v) is 18.1. The number of hydrogen-bond donors (Lipinski definition) is 2. The summed E-state index contributed by atoms with van der Waals surface area (Å²) in [6, 6.07) is 15.8. The number of carbonyl (C=O) groups is 1. The maximum Gasteiger partial charge on any atom is 0.335 e. The molecule has 0 amide bonds. The van der Waals surface area contributed by atoms with Gasteiger partial charge in [-0.15, -0.1) is 0 Å². The van der Waals surface area contributed by atoms with E-state index in [2.05, 4.69) is 53.5 Å². The third-order valence-electron chi connectivity index (χ3n) is 6.56. The fraction of sp³-hybridized carbons (Fsp3) is 0.423. The van der Waals surface area contributed by atoms with Crippen molar-refractivity contribution in [2.45, 2.75) is 51.2 Å². The van der Waals surface area contributed by atoms with Crippen LogP contribution in [0.25, 0.3) is 6.08 Å². The summed E-state index contributed by atoms with van der Waals surface area (Å²) >= 11 is 0. The summed E-state index contributed by atoms with van der Waals surface area (Å²) in [6.07, 6.45) is 6.76. The molecule has 2 atom stereocenters. The van der Waals surface area contributed by atoms with E-state index in [-0.39, 0.29) is 5.56 Å². The monoisotopic (exact) mass is 422 g/mol. The first-order valence-electron chi connectivity index (χ1n) is 11.3. The van der Waals surface area contributed by atoms with Crippen LogP contribution in [0.2, 0.25) is 0 Å². The first-order valence-corrected chi connectivity index (χ1v) is 11.3. The average Bonchev–Trinajstić information content (AvgIpc) is 3.54. The van der Waals surface area contributed by atoms with Crippen molar-refractivity contribution >= 4 is 12.0 Å². The van der Waals surface area contributed by atoms with Gasteiger partial charge in [0, 0.05) is 24.2 Å². The second-order valence-electron chi connectivity index (χ2n) is 8.76. The van der Waals surface area contributed by atoms with Gasteiger partial charge in [0.05, 0.1) is 5.56 Å². The number of halogens is 1. The van der Waals surface area contributed by atoms with Gasteiger partial charge >= 0.3 is 5.97 Å². The van der Waals surface area contributed by atoms with Gasteiger partial charge in [-0.05, 0) is 62.4 Å². The van der Waals surface area contributed by atoms with Crippen molar-refractivity contribution < 1.29 is 14.3 Å². The standard InChI is InChI=1S/C26H31FN2O2/c1-2-19(14-18-6-4-3-5-7-18)23-16-25(23)28-22-10-12-29(13-11-22)17-21-9-8-20(26(30)31)15-24(21)27/h3-9,14-15,22-23,25,28H,2,10-13,16-17H2,1H3,(H,30,31)/b19-14+/t23-,25+/m0/s1. The van der Waals surface area contributed by atoms with E-state index in [1.165, 1.54) is 23.6 Å². The first kappa shape index (κ1) is 21.7. The summed E-state index contributed by atoms with van der Waals surface area (Å²) in [7, 11) is 0. The van der Waals surface area contributed by atoms with Crippen molar-refractivity contribution in [2.24, 2.45) is 5.92 Å². The second kappa shape index (κ2) is 9.75. The van der Waals surface area contributed by atoms with E-state index in [0.29, 0.717) is 30.1 Å². The Balaban J connectivity index is 1.25. The number of likely N-dealkylation sites (tertiary alicyclic amines) is 1. The second-order valence-corrected chi connectivity index (χ2v) is 8.76. The Kier molecular flexibility index (Phi) is 6.83. The lowest BCUT2D eigenvalue weighted by Gasteiger charge is -2.32. The molecular weight excluding hydrogens is 391 g/mol. The fourth-order valence-electron chi connectivity index (χ4n) is 4.63. The van der Waals surface area contributed by atoms with Gasteiger partial charge in [0.25, 0.3) is 0 Å². The van der Waals surface area contributed by atoms with E-state index in [1.54, 1.807) is 6.07 Å². The average molecular weight is 423 g/mol. The maximum atomic E-state index is 14.2. The molecule has 31 heavy (non-hydrogen) atoms. The van der Waals surface area contributed by atoms with Gasteiger partial charge in [-0.3, -0.25) is 4.90 Å². The highest BCUT2D eigenvalue weighted by Crippen LogP contribution is 2.40. The molecule has 0 spiro atoms. The Labute approximate surface area is 183 Å². The topological polar surface area (TPSA) is 52.6 Å². The molecule has 0 aromatic heterocycles. The van der Waals surface area contributed by atoms with Crippen molar-refractivity contribution in [3.63, 3.8) is 0 Å². The molecule has 2 N–H and O–H groups in total. The van der Waals surface area contributed by atoms with Gasteiger partial charge in [0.2, 0.25) is 0 Å². The summed E-state index contributed by atoms with van der Waals surface area (Å²) < 4.78 is 14.2. The number of benzene rings is 2. The first-order chi connectivity index (χ1) is 15.0. The van der Waals surface area contributed by atoms with E-state index in [4.69, 9.17) is 5.11 Å². The van der Waals surface area contributed by atoms with Crippen molar-refractivity contribution in [3.05, 3.63) is 76.6 Å². The molecule has 2 aromatic rings. The SMILES string of the molecule is CC/C(=C\c1ccccc1)[C@@H]1C[C@H]1NC1CCN(Cc2ccc(C(=O)O)cc2F)CC1. The fourth-order valence-corrected chi connectivity index (χ4v) is 4.63. The van der Waals surface area contributed by atoms with E-state index < -0.39 is 11.8 Å². The number of carboxylic acids is 1. The molecule has 1 saturated heterocycles. The molecule has 0 unspecified atom stereocenters. The zero-order chi connectivity index (χ0) is 21.8. The summed E-state index contributed by atoms with van der Waals surface area (Å²) in [5.74, 6) is -0.885. The molecule has 2 aliphatic rings. The molecule has 1 saturated carbocycles. The summed E-state index contributed by atoms with van der Waals surface area (Å²) in [6.45, 7) is 4.63. The molecule has 4 nitrogen and oxygen atoms in total. The Morgan fingerprint density at radius 3 is 2.58 bits per heavy atom. The molecule has 1 aliphatic heterocycles. The van der Waals surface area contributed by atoms with Crippen molar-refractivity contribution in [2.75, 3.05) is 13.1 Å². The highest BCUT2D eigenvalue weighted by molar-refractivity contribution is 5.87. The lowest BCUT2D eigenvalue weighted by atomic mass is 10.0. The van der Waals surface area contributed by atoms with Crippen LogP contribution < -0.4 is 5.32 Å². The third-order valence-corrected chi connectivity index (χ3v) is 6.56. The number of piperidine rings is 1. The lowest BCUT2D eigenvalue weighted by molar-refractivity contribution is 0.0696. The van der Waals surface area contributed by atoms with Crippen LogP contribution in [-0.4, -0.2) is 41.1 Å². The largest absolute Gasteiger partial charge is 0.478 e. The van der Waals surface area contributed by atoms with Crippen LogP contribution in [0.3, 0.4) is 0 Å². The predicted molar refractivity (Wildman–Crippen MR) is 121 cm³/mol. The smallest absolute Gasteiger partial charge is 0.335 e.